The van der Waals surface area contributed by atoms with Crippen molar-refractivity contribution in [3.8, 4) is 22.5 Å². The molecule has 0 aliphatic carbocycles. The summed E-state index contributed by atoms with van der Waals surface area (Å²) in [5.74, 6) is -1.88. The van der Waals surface area contributed by atoms with Crippen LogP contribution in [0.4, 0.5) is 0 Å². The summed E-state index contributed by atoms with van der Waals surface area (Å²) >= 11 is 1.21. The number of aromatic nitrogens is 1. The summed E-state index contributed by atoms with van der Waals surface area (Å²) in [7, 11) is 0. The lowest BCUT2D eigenvalue weighted by Gasteiger charge is -2.25. The molecule has 1 atom stereocenters. The van der Waals surface area contributed by atoms with Gasteiger partial charge in [-0.1, -0.05) is 41.7 Å². The van der Waals surface area contributed by atoms with E-state index in [1.807, 2.05) is 51.1 Å². The zero-order valence-electron chi connectivity index (χ0n) is 16.9. The first kappa shape index (κ1) is 23.1. The van der Waals surface area contributed by atoms with E-state index in [0.717, 1.165) is 11.6 Å². The van der Waals surface area contributed by atoms with Crippen molar-refractivity contribution in [2.24, 2.45) is 0 Å². The third kappa shape index (κ3) is 7.66. The molecule has 0 radical (unpaired) electrons. The van der Waals surface area contributed by atoms with Crippen molar-refractivity contribution in [2.45, 2.75) is 32.4 Å². The highest BCUT2D eigenvalue weighted by Crippen LogP contribution is 2.31. The molecule has 8 nitrogen and oxygen atoms in total. The highest BCUT2D eigenvalue weighted by atomic mass is 32.1. The number of nitrogens with one attached hydrogen (secondary N) is 1. The van der Waals surface area contributed by atoms with Crippen LogP contribution in [-0.2, 0) is 14.3 Å². The van der Waals surface area contributed by atoms with E-state index < -0.39 is 18.0 Å². The van der Waals surface area contributed by atoms with Crippen molar-refractivity contribution in [2.75, 3.05) is 13.2 Å². The fraction of sp³-hybridized carbons (Fsp3) is 0.333. The molecular formula is C21H23N3O5S. The van der Waals surface area contributed by atoms with Gasteiger partial charge in [-0.05, 0) is 20.8 Å². The zero-order valence-corrected chi connectivity index (χ0v) is 17.7. The maximum Gasteiger partial charge on any atom is 0.331 e. The highest BCUT2D eigenvalue weighted by molar-refractivity contribution is 7.15. The molecule has 2 rings (SSSR count). The first-order chi connectivity index (χ1) is 14.2. The standard InChI is InChI=1S/C21H23N3O5S/c1-21(2,3)23-12-15(29-18(27)10-9-17(25)26)13-28-19-16(11-22)30-20(24-19)14-7-5-4-6-8-14/h4-10,15,23H,12-13H2,1-3H3,(H,25,26)/b10-9-/t15-/m0/s1. The Morgan fingerprint density at radius 2 is 2.00 bits per heavy atom. The van der Waals surface area contributed by atoms with Crippen LogP contribution in [0.5, 0.6) is 5.88 Å². The van der Waals surface area contributed by atoms with Gasteiger partial charge < -0.3 is 19.9 Å². The van der Waals surface area contributed by atoms with E-state index in [1.54, 1.807) is 0 Å². The first-order valence-corrected chi connectivity index (χ1v) is 9.95. The lowest BCUT2D eigenvalue weighted by molar-refractivity contribution is -0.145. The minimum absolute atomic E-state index is 0.0532. The number of carboxylic acids is 1. The fourth-order valence-electron chi connectivity index (χ4n) is 2.25. The number of hydrogen-bond donors (Lipinski definition) is 2. The van der Waals surface area contributed by atoms with Crippen LogP contribution in [0.2, 0.25) is 0 Å². The topological polar surface area (TPSA) is 122 Å². The average Bonchev–Trinajstić information content (AvgIpc) is 3.12. The number of thiazole rings is 1. The Morgan fingerprint density at radius 3 is 2.60 bits per heavy atom. The van der Waals surface area contributed by atoms with E-state index in [1.165, 1.54) is 11.3 Å². The van der Waals surface area contributed by atoms with Crippen LogP contribution in [0.15, 0.2) is 42.5 Å². The van der Waals surface area contributed by atoms with Crippen molar-refractivity contribution in [1.82, 2.24) is 10.3 Å². The highest BCUT2D eigenvalue weighted by Gasteiger charge is 2.20. The summed E-state index contributed by atoms with van der Waals surface area (Å²) in [5, 5.41) is 21.9. The second-order valence-electron chi connectivity index (χ2n) is 7.30. The number of esters is 1. The van der Waals surface area contributed by atoms with Gasteiger partial charge in [0, 0.05) is 29.8 Å². The Labute approximate surface area is 178 Å². The number of hydrogen-bond acceptors (Lipinski definition) is 8. The van der Waals surface area contributed by atoms with Gasteiger partial charge in [-0.2, -0.15) is 5.26 Å². The molecule has 0 saturated carbocycles. The molecule has 1 heterocycles. The predicted octanol–water partition coefficient (Wildman–Crippen LogP) is 3.00. The van der Waals surface area contributed by atoms with Crippen LogP contribution in [0.1, 0.15) is 25.6 Å². The molecule has 9 heteroatoms. The van der Waals surface area contributed by atoms with Gasteiger partial charge in [-0.25, -0.2) is 14.6 Å². The number of ether oxygens (including phenoxy) is 2. The Kier molecular flexibility index (Phi) is 8.09. The molecule has 0 unspecified atom stereocenters. The summed E-state index contributed by atoms with van der Waals surface area (Å²) in [6.45, 7) is 6.09. The summed E-state index contributed by atoms with van der Waals surface area (Å²) in [6, 6.07) is 11.5. The Bertz CT molecular complexity index is 942. The summed E-state index contributed by atoms with van der Waals surface area (Å²) < 4.78 is 11.0. The summed E-state index contributed by atoms with van der Waals surface area (Å²) in [4.78, 5) is 27.2. The lowest BCUT2D eigenvalue weighted by Crippen LogP contribution is -2.44. The quantitative estimate of drug-likeness (QED) is 0.461. The third-order valence-corrected chi connectivity index (χ3v) is 4.62. The minimum Gasteiger partial charge on any atom is -0.478 e. The zero-order chi connectivity index (χ0) is 22.1. The van der Waals surface area contributed by atoms with Crippen LogP contribution in [0, 0.1) is 11.3 Å². The predicted molar refractivity (Wildman–Crippen MR) is 112 cm³/mol. The number of carbonyl (C=O) groups excluding carboxylic acids is 1. The van der Waals surface area contributed by atoms with Crippen LogP contribution < -0.4 is 10.1 Å². The number of nitrogens with zero attached hydrogens (tertiary/aromatic N) is 2. The van der Waals surface area contributed by atoms with Gasteiger partial charge in [0.2, 0.25) is 5.88 Å². The van der Waals surface area contributed by atoms with Gasteiger partial charge in [0.1, 0.15) is 23.8 Å². The SMILES string of the molecule is CC(C)(C)NC[C@@H](COc1nc(-c2ccccc2)sc1C#N)OC(=O)/C=C\C(=O)O. The molecule has 30 heavy (non-hydrogen) atoms. The minimum atomic E-state index is -1.25. The Morgan fingerprint density at radius 1 is 1.30 bits per heavy atom. The third-order valence-electron chi connectivity index (χ3n) is 3.63. The van der Waals surface area contributed by atoms with E-state index in [0.29, 0.717) is 16.0 Å². The largest absolute Gasteiger partial charge is 0.478 e. The first-order valence-electron chi connectivity index (χ1n) is 9.13. The molecule has 158 valence electrons. The Hall–Kier alpha value is -3.22. The maximum atomic E-state index is 11.9. The van der Waals surface area contributed by atoms with Gasteiger partial charge in [-0.15, -0.1) is 0 Å². The van der Waals surface area contributed by atoms with Crippen molar-refractivity contribution in [1.29, 1.82) is 5.26 Å². The molecule has 0 bridgehead atoms. The van der Waals surface area contributed by atoms with Crippen LogP contribution in [0.3, 0.4) is 0 Å². The molecule has 0 aliphatic rings. The Balaban J connectivity index is 2.11. The number of carboxylic acid groups (broad SMARTS) is 1. The number of aliphatic carboxylic acids is 1. The molecule has 0 saturated heterocycles. The molecular weight excluding hydrogens is 406 g/mol. The second kappa shape index (κ2) is 10.5. The van der Waals surface area contributed by atoms with Gasteiger partial charge in [-0.3, -0.25) is 0 Å². The smallest absolute Gasteiger partial charge is 0.331 e. The van der Waals surface area contributed by atoms with Gasteiger partial charge in [0.05, 0.1) is 0 Å². The second-order valence-corrected chi connectivity index (χ2v) is 8.30. The van der Waals surface area contributed by atoms with Crippen molar-refractivity contribution < 1.29 is 24.2 Å². The normalized spacial score (nSPS) is 12.3. The molecule has 0 spiro atoms. The van der Waals surface area contributed by atoms with Gasteiger partial charge >= 0.3 is 11.9 Å². The van der Waals surface area contributed by atoms with E-state index in [4.69, 9.17) is 14.6 Å². The number of nitriles is 1. The average molecular weight is 429 g/mol. The van der Waals surface area contributed by atoms with E-state index in [2.05, 4.69) is 16.4 Å². The molecule has 2 aromatic rings. The van der Waals surface area contributed by atoms with Crippen LogP contribution >= 0.6 is 11.3 Å². The molecule has 0 aliphatic heterocycles. The summed E-state index contributed by atoms with van der Waals surface area (Å²) in [6.07, 6.45) is 0.824. The van der Waals surface area contributed by atoms with Gasteiger partial charge in [0.25, 0.3) is 0 Å². The number of benzene rings is 1. The number of rotatable bonds is 9. The maximum absolute atomic E-state index is 11.9. The van der Waals surface area contributed by atoms with E-state index in [-0.39, 0.29) is 24.6 Å². The monoisotopic (exact) mass is 429 g/mol. The van der Waals surface area contributed by atoms with Crippen molar-refractivity contribution in [3.63, 3.8) is 0 Å². The fourth-order valence-corrected chi connectivity index (χ4v) is 3.06. The van der Waals surface area contributed by atoms with Crippen molar-refractivity contribution >= 4 is 23.3 Å². The number of carbonyl (C=O) groups is 2. The van der Waals surface area contributed by atoms with Crippen molar-refractivity contribution in [3.05, 3.63) is 47.4 Å². The molecule has 0 amide bonds. The molecule has 1 aromatic heterocycles. The summed E-state index contributed by atoms with van der Waals surface area (Å²) in [5.41, 5.74) is 0.630. The molecule has 0 fully saturated rings. The molecule has 2 N–H and O–H groups in total. The molecule has 1 aromatic carbocycles. The van der Waals surface area contributed by atoms with Crippen LogP contribution in [0.25, 0.3) is 10.6 Å². The lowest BCUT2D eigenvalue weighted by atomic mass is 10.1. The van der Waals surface area contributed by atoms with Crippen LogP contribution in [-0.4, -0.2) is 46.8 Å². The van der Waals surface area contributed by atoms with E-state index >= 15 is 0 Å². The van der Waals surface area contributed by atoms with Gasteiger partial charge in [0.15, 0.2) is 4.88 Å². The van der Waals surface area contributed by atoms with E-state index in [9.17, 15) is 14.9 Å².